The first-order valence-corrected chi connectivity index (χ1v) is 7.68. The van der Waals surface area contributed by atoms with Gasteiger partial charge in [0.25, 0.3) is 0 Å². The number of ether oxygens (including phenoxy) is 1. The number of nitrogens with one attached hydrogen (secondary N) is 1. The van der Waals surface area contributed by atoms with E-state index in [0.29, 0.717) is 6.61 Å². The number of benzene rings is 1. The van der Waals surface area contributed by atoms with Crippen LogP contribution in [0.5, 0.6) is 0 Å². The van der Waals surface area contributed by atoms with E-state index in [-0.39, 0.29) is 6.04 Å². The molecule has 0 radical (unpaired) electrons. The van der Waals surface area contributed by atoms with Crippen molar-refractivity contribution in [2.75, 3.05) is 19.0 Å². The molecule has 3 nitrogen and oxygen atoms in total. The highest BCUT2D eigenvalue weighted by atomic mass is 32.1. The second-order valence-electron chi connectivity index (χ2n) is 5.29. The van der Waals surface area contributed by atoms with E-state index >= 15 is 0 Å². The predicted octanol–water partition coefficient (Wildman–Crippen LogP) is 4.18. The van der Waals surface area contributed by atoms with E-state index in [0.717, 1.165) is 10.8 Å². The molecule has 1 aromatic heterocycles. The van der Waals surface area contributed by atoms with Crippen LogP contribution in [0.25, 0.3) is 11.3 Å². The highest BCUT2D eigenvalue weighted by Crippen LogP contribution is 2.29. The first-order chi connectivity index (χ1) is 9.51. The minimum Gasteiger partial charge on any atom is -0.383 e. The lowest BCUT2D eigenvalue weighted by atomic mass is 9.99. The lowest BCUT2D eigenvalue weighted by Crippen LogP contribution is -2.20. The van der Waals surface area contributed by atoms with Crippen LogP contribution in [0.2, 0.25) is 0 Å². The second kappa shape index (κ2) is 6.37. The van der Waals surface area contributed by atoms with Crippen molar-refractivity contribution >= 4 is 16.5 Å². The van der Waals surface area contributed by atoms with Crippen LogP contribution >= 0.6 is 11.3 Å². The van der Waals surface area contributed by atoms with Crippen LogP contribution in [0.15, 0.2) is 17.5 Å². The van der Waals surface area contributed by atoms with Gasteiger partial charge < -0.3 is 10.1 Å². The van der Waals surface area contributed by atoms with Crippen LogP contribution in [-0.4, -0.2) is 24.7 Å². The number of methoxy groups -OCH3 is 1. The van der Waals surface area contributed by atoms with Crippen LogP contribution in [0.4, 0.5) is 5.13 Å². The summed E-state index contributed by atoms with van der Waals surface area (Å²) in [5.41, 5.74) is 6.17. The maximum atomic E-state index is 5.13. The van der Waals surface area contributed by atoms with E-state index in [4.69, 9.17) is 4.74 Å². The molecular weight excluding hydrogens is 268 g/mol. The summed E-state index contributed by atoms with van der Waals surface area (Å²) in [5, 5.41) is 6.42. The molecule has 0 aliphatic carbocycles. The Morgan fingerprint density at radius 1 is 1.20 bits per heavy atom. The first kappa shape index (κ1) is 15.0. The third-order valence-electron chi connectivity index (χ3n) is 3.41. The normalized spacial score (nSPS) is 12.4. The second-order valence-corrected chi connectivity index (χ2v) is 6.15. The van der Waals surface area contributed by atoms with E-state index in [1.165, 1.54) is 22.3 Å². The van der Waals surface area contributed by atoms with Crippen LogP contribution in [-0.2, 0) is 4.74 Å². The van der Waals surface area contributed by atoms with E-state index in [9.17, 15) is 0 Å². The minimum absolute atomic E-state index is 0.264. The summed E-state index contributed by atoms with van der Waals surface area (Å²) < 4.78 is 5.13. The summed E-state index contributed by atoms with van der Waals surface area (Å²) in [6, 6.07) is 4.71. The number of anilines is 1. The van der Waals surface area contributed by atoms with Crippen molar-refractivity contribution in [1.29, 1.82) is 0 Å². The number of hydrogen-bond donors (Lipinski definition) is 1. The van der Waals surface area contributed by atoms with E-state index in [1.54, 1.807) is 18.4 Å². The SMILES string of the molecule is COCC(C)Nc1nc(-c2cc(C)c(C)cc2C)cs1. The highest BCUT2D eigenvalue weighted by molar-refractivity contribution is 7.14. The standard InChI is InChI=1S/C16H22N2OS/c1-10-6-12(3)14(7-11(10)2)15-9-20-16(18-15)17-13(4)8-19-5/h6-7,9,13H,8H2,1-5H3,(H,17,18). The van der Waals surface area contributed by atoms with Gasteiger partial charge >= 0.3 is 0 Å². The van der Waals surface area contributed by atoms with Crippen LogP contribution in [0, 0.1) is 20.8 Å². The van der Waals surface area contributed by atoms with Crippen LogP contribution in [0.3, 0.4) is 0 Å². The molecule has 1 N–H and O–H groups in total. The summed E-state index contributed by atoms with van der Waals surface area (Å²) in [5.74, 6) is 0. The number of nitrogens with zero attached hydrogens (tertiary/aromatic N) is 1. The van der Waals surface area contributed by atoms with Crippen LogP contribution < -0.4 is 5.32 Å². The number of thiazole rings is 1. The summed E-state index contributed by atoms with van der Waals surface area (Å²) in [6.45, 7) is 9.20. The Morgan fingerprint density at radius 2 is 1.90 bits per heavy atom. The summed E-state index contributed by atoms with van der Waals surface area (Å²) in [7, 11) is 1.71. The Balaban J connectivity index is 2.22. The zero-order valence-corrected chi connectivity index (χ0v) is 13.6. The molecule has 108 valence electrons. The summed E-state index contributed by atoms with van der Waals surface area (Å²) in [4.78, 5) is 4.69. The van der Waals surface area contributed by atoms with Crippen molar-refractivity contribution in [3.8, 4) is 11.3 Å². The van der Waals surface area contributed by atoms with Gasteiger partial charge in [0.2, 0.25) is 0 Å². The fourth-order valence-corrected chi connectivity index (χ4v) is 3.03. The van der Waals surface area contributed by atoms with Gasteiger partial charge in [-0.05, 0) is 50.5 Å². The Labute approximate surface area is 125 Å². The van der Waals surface area contributed by atoms with Gasteiger partial charge in [-0.1, -0.05) is 6.07 Å². The number of aromatic nitrogens is 1. The fraction of sp³-hybridized carbons (Fsp3) is 0.438. The summed E-state index contributed by atoms with van der Waals surface area (Å²) >= 11 is 1.64. The monoisotopic (exact) mass is 290 g/mol. The molecule has 1 aromatic carbocycles. The zero-order valence-electron chi connectivity index (χ0n) is 12.8. The lowest BCUT2D eigenvalue weighted by Gasteiger charge is -2.11. The van der Waals surface area contributed by atoms with Gasteiger partial charge in [0.1, 0.15) is 0 Å². The number of aryl methyl sites for hydroxylation is 3. The van der Waals surface area contributed by atoms with Crippen LogP contribution in [0.1, 0.15) is 23.6 Å². The molecule has 4 heteroatoms. The molecule has 2 aromatic rings. The molecule has 0 amide bonds. The smallest absolute Gasteiger partial charge is 0.183 e. The van der Waals surface area contributed by atoms with Crippen molar-refractivity contribution in [1.82, 2.24) is 4.98 Å². The maximum absolute atomic E-state index is 5.13. The topological polar surface area (TPSA) is 34.1 Å². The maximum Gasteiger partial charge on any atom is 0.183 e. The molecule has 1 heterocycles. The molecule has 1 atom stereocenters. The van der Waals surface area contributed by atoms with Gasteiger partial charge in [-0.3, -0.25) is 0 Å². The predicted molar refractivity (Wildman–Crippen MR) is 86.7 cm³/mol. The van der Waals surface area contributed by atoms with Crippen molar-refractivity contribution in [3.63, 3.8) is 0 Å². The molecule has 0 spiro atoms. The van der Waals surface area contributed by atoms with Crippen molar-refractivity contribution in [2.24, 2.45) is 0 Å². The first-order valence-electron chi connectivity index (χ1n) is 6.80. The third kappa shape index (κ3) is 3.38. The average Bonchev–Trinajstić information content (AvgIpc) is 2.82. The van der Waals surface area contributed by atoms with Gasteiger partial charge in [-0.25, -0.2) is 4.98 Å². The Kier molecular flexibility index (Phi) is 4.78. The molecule has 2 rings (SSSR count). The van der Waals surface area contributed by atoms with Crippen molar-refractivity contribution in [3.05, 3.63) is 34.2 Å². The molecule has 1 unspecified atom stereocenters. The van der Waals surface area contributed by atoms with E-state index in [1.807, 2.05) is 0 Å². The quantitative estimate of drug-likeness (QED) is 0.897. The Bertz CT molecular complexity index is 592. The number of hydrogen-bond acceptors (Lipinski definition) is 4. The minimum atomic E-state index is 0.264. The van der Waals surface area contributed by atoms with Crippen molar-refractivity contribution in [2.45, 2.75) is 33.7 Å². The van der Waals surface area contributed by atoms with Gasteiger partial charge in [0.05, 0.1) is 12.3 Å². The molecule has 0 bridgehead atoms. The summed E-state index contributed by atoms with van der Waals surface area (Å²) in [6.07, 6.45) is 0. The Morgan fingerprint density at radius 3 is 2.60 bits per heavy atom. The zero-order chi connectivity index (χ0) is 14.7. The molecule has 20 heavy (non-hydrogen) atoms. The largest absolute Gasteiger partial charge is 0.383 e. The molecule has 0 saturated heterocycles. The molecular formula is C16H22N2OS. The lowest BCUT2D eigenvalue weighted by molar-refractivity contribution is 0.190. The molecule has 0 aliphatic heterocycles. The van der Waals surface area contributed by atoms with E-state index < -0.39 is 0 Å². The fourth-order valence-electron chi connectivity index (χ4n) is 2.20. The average molecular weight is 290 g/mol. The van der Waals surface area contributed by atoms with Crippen molar-refractivity contribution < 1.29 is 4.74 Å². The molecule has 0 fully saturated rings. The highest BCUT2D eigenvalue weighted by Gasteiger charge is 2.10. The number of rotatable bonds is 5. The Hall–Kier alpha value is -1.39. The van der Waals surface area contributed by atoms with Gasteiger partial charge in [-0.15, -0.1) is 11.3 Å². The molecule has 0 aliphatic rings. The van der Waals surface area contributed by atoms with E-state index in [2.05, 4.69) is 55.5 Å². The molecule has 0 saturated carbocycles. The van der Waals surface area contributed by atoms with Gasteiger partial charge in [0.15, 0.2) is 5.13 Å². The van der Waals surface area contributed by atoms with Gasteiger partial charge in [-0.2, -0.15) is 0 Å². The third-order valence-corrected chi connectivity index (χ3v) is 4.18. The van der Waals surface area contributed by atoms with Gasteiger partial charge in [0, 0.05) is 24.1 Å².